The van der Waals surface area contributed by atoms with Crippen LogP contribution in [0.4, 0.5) is 10.2 Å². The number of halogens is 2. The number of nitrogens with zero attached hydrogens (tertiary/aromatic N) is 5. The van der Waals surface area contributed by atoms with E-state index in [4.69, 9.17) is 4.98 Å². The molecule has 0 saturated carbocycles. The summed E-state index contributed by atoms with van der Waals surface area (Å²) in [6.45, 7) is 1.12. The van der Waals surface area contributed by atoms with Crippen molar-refractivity contribution < 1.29 is 12.8 Å². The first-order valence-corrected chi connectivity index (χ1v) is 13.1. The number of pyridine rings is 1. The quantitative estimate of drug-likeness (QED) is 0.391. The highest BCUT2D eigenvalue weighted by Crippen LogP contribution is 2.32. The van der Waals surface area contributed by atoms with Crippen molar-refractivity contribution in [2.24, 2.45) is 0 Å². The molecule has 1 atom stereocenters. The molecule has 1 aliphatic rings. The lowest BCUT2D eigenvalue weighted by atomic mass is 9.96. The van der Waals surface area contributed by atoms with Gasteiger partial charge < -0.3 is 5.32 Å². The second kappa shape index (κ2) is 9.40. The Bertz CT molecular complexity index is 1430. The summed E-state index contributed by atoms with van der Waals surface area (Å²) in [5.41, 5.74) is 2.41. The predicted molar refractivity (Wildman–Crippen MR) is 129 cm³/mol. The Labute approximate surface area is 205 Å². The van der Waals surface area contributed by atoms with Crippen LogP contribution in [0.2, 0.25) is 0 Å². The second-order valence-corrected chi connectivity index (χ2v) is 10.9. The normalized spacial score (nSPS) is 17.2. The summed E-state index contributed by atoms with van der Waals surface area (Å²) in [6.07, 6.45) is 6.63. The van der Waals surface area contributed by atoms with E-state index in [1.807, 2.05) is 18.2 Å². The molecular formula is C23H22BrFN6O2S. The molecule has 8 nitrogen and oxygen atoms in total. The van der Waals surface area contributed by atoms with E-state index >= 15 is 0 Å². The number of fused-ring (bicyclic) bond motifs is 1. The Kier molecular flexibility index (Phi) is 6.32. The molecule has 176 valence electrons. The molecule has 0 amide bonds. The molecule has 0 radical (unpaired) electrons. The van der Waals surface area contributed by atoms with Crippen LogP contribution >= 0.6 is 15.9 Å². The fourth-order valence-corrected chi connectivity index (χ4v) is 6.12. The largest absolute Gasteiger partial charge is 0.366 e. The van der Waals surface area contributed by atoms with Crippen LogP contribution in [-0.2, 0) is 16.6 Å². The topological polar surface area (TPSA) is 92.5 Å². The van der Waals surface area contributed by atoms with Gasteiger partial charge in [0.05, 0.1) is 16.4 Å². The first kappa shape index (κ1) is 22.9. The molecule has 3 aromatic heterocycles. The van der Waals surface area contributed by atoms with Gasteiger partial charge in [0.2, 0.25) is 10.0 Å². The molecule has 34 heavy (non-hydrogen) atoms. The molecule has 0 spiro atoms. The highest BCUT2D eigenvalue weighted by Gasteiger charge is 2.33. The smallest absolute Gasteiger partial charge is 0.246 e. The van der Waals surface area contributed by atoms with E-state index in [1.54, 1.807) is 23.1 Å². The highest BCUT2D eigenvalue weighted by molar-refractivity contribution is 9.10. The van der Waals surface area contributed by atoms with Crippen LogP contribution in [0.3, 0.4) is 0 Å². The minimum Gasteiger partial charge on any atom is -0.366 e. The van der Waals surface area contributed by atoms with Gasteiger partial charge in [-0.3, -0.25) is 4.98 Å². The molecule has 4 aromatic rings. The Morgan fingerprint density at radius 1 is 1.18 bits per heavy atom. The van der Waals surface area contributed by atoms with Gasteiger partial charge in [-0.1, -0.05) is 18.2 Å². The van der Waals surface area contributed by atoms with Gasteiger partial charge in [-0.15, -0.1) is 0 Å². The summed E-state index contributed by atoms with van der Waals surface area (Å²) in [5, 5.41) is 7.79. The first-order chi connectivity index (χ1) is 16.4. The van der Waals surface area contributed by atoms with Gasteiger partial charge in [0.15, 0.2) is 5.65 Å². The van der Waals surface area contributed by atoms with Gasteiger partial charge in [-0.25, -0.2) is 17.8 Å². The van der Waals surface area contributed by atoms with E-state index in [0.29, 0.717) is 25.2 Å². The van der Waals surface area contributed by atoms with Crippen LogP contribution in [0.1, 0.15) is 30.0 Å². The maximum atomic E-state index is 14.3. The third-order valence-electron chi connectivity index (χ3n) is 5.90. The zero-order valence-corrected chi connectivity index (χ0v) is 20.5. The number of benzene rings is 1. The number of rotatable bonds is 6. The number of nitrogens with one attached hydrogen (secondary N) is 1. The molecule has 1 aromatic carbocycles. The summed E-state index contributed by atoms with van der Waals surface area (Å²) in [7, 11) is -3.95. The number of hydrogen-bond donors (Lipinski definition) is 1. The molecule has 1 unspecified atom stereocenters. The number of aromatic nitrogens is 4. The molecule has 0 bridgehead atoms. The van der Waals surface area contributed by atoms with E-state index < -0.39 is 15.8 Å². The van der Waals surface area contributed by atoms with Crippen LogP contribution < -0.4 is 5.32 Å². The summed E-state index contributed by atoms with van der Waals surface area (Å²) >= 11 is 3.51. The number of sulfonamides is 1. The average molecular weight is 545 g/mol. The van der Waals surface area contributed by atoms with E-state index in [9.17, 15) is 12.8 Å². The summed E-state index contributed by atoms with van der Waals surface area (Å²) in [5.74, 6) is -0.140. The van der Waals surface area contributed by atoms with Crippen molar-refractivity contribution in [3.05, 3.63) is 82.6 Å². The van der Waals surface area contributed by atoms with Crippen molar-refractivity contribution in [3.8, 4) is 0 Å². The van der Waals surface area contributed by atoms with Gasteiger partial charge in [-0.05, 0) is 52.5 Å². The molecule has 4 heterocycles. The molecular weight excluding hydrogens is 523 g/mol. The number of hydrogen-bond acceptors (Lipinski definition) is 6. The average Bonchev–Trinajstić information content (AvgIpc) is 3.24. The molecule has 1 saturated heterocycles. The summed E-state index contributed by atoms with van der Waals surface area (Å²) in [4.78, 5) is 8.64. The summed E-state index contributed by atoms with van der Waals surface area (Å²) in [6, 6.07) is 11.3. The van der Waals surface area contributed by atoms with Crippen LogP contribution in [-0.4, -0.2) is 45.4 Å². The number of anilines is 1. The second-order valence-electron chi connectivity index (χ2n) is 8.14. The lowest BCUT2D eigenvalue weighted by Crippen LogP contribution is -2.39. The van der Waals surface area contributed by atoms with Gasteiger partial charge in [0.1, 0.15) is 16.5 Å². The molecule has 1 fully saturated rings. The minimum absolute atomic E-state index is 0.138. The SMILES string of the molecule is O=S(=O)(c1ccccc1F)N1CCCC(c2cc(NCc3cccnc3)n3ncc(Br)c3n2)C1. The Morgan fingerprint density at radius 2 is 2.03 bits per heavy atom. The van der Waals surface area contributed by atoms with Crippen molar-refractivity contribution in [3.63, 3.8) is 0 Å². The van der Waals surface area contributed by atoms with Gasteiger partial charge in [0.25, 0.3) is 0 Å². The van der Waals surface area contributed by atoms with Crippen LogP contribution in [0.15, 0.2) is 70.4 Å². The van der Waals surface area contributed by atoms with Crippen LogP contribution in [0, 0.1) is 5.82 Å². The van der Waals surface area contributed by atoms with Crippen molar-refractivity contribution in [2.45, 2.75) is 30.2 Å². The van der Waals surface area contributed by atoms with Gasteiger partial charge >= 0.3 is 0 Å². The van der Waals surface area contributed by atoms with Crippen LogP contribution in [0.5, 0.6) is 0 Å². The predicted octanol–water partition coefficient (Wildman–Crippen LogP) is 4.21. The maximum Gasteiger partial charge on any atom is 0.246 e. The lowest BCUT2D eigenvalue weighted by molar-refractivity contribution is 0.311. The van der Waals surface area contributed by atoms with Crippen molar-refractivity contribution in [2.75, 3.05) is 18.4 Å². The lowest BCUT2D eigenvalue weighted by Gasteiger charge is -2.32. The van der Waals surface area contributed by atoms with E-state index in [1.165, 1.54) is 28.6 Å². The molecule has 0 aliphatic carbocycles. The van der Waals surface area contributed by atoms with Crippen molar-refractivity contribution in [1.29, 1.82) is 0 Å². The first-order valence-electron chi connectivity index (χ1n) is 10.8. The zero-order valence-electron chi connectivity index (χ0n) is 18.1. The molecule has 1 aliphatic heterocycles. The fourth-order valence-electron chi connectivity index (χ4n) is 4.18. The highest BCUT2D eigenvalue weighted by atomic mass is 79.9. The van der Waals surface area contributed by atoms with E-state index in [0.717, 1.165) is 28.0 Å². The Balaban J connectivity index is 1.45. The number of piperidine rings is 1. The molecule has 5 rings (SSSR count). The standard InChI is InChI=1S/C23H22BrFN6O2S/c24-18-14-28-31-22(27-13-16-5-3-9-26-12-16)11-20(29-23(18)31)17-6-4-10-30(15-17)34(32,33)21-8-2-1-7-19(21)25/h1-3,5,7-9,11-12,14,17,27H,4,6,10,13,15H2. The molecule has 1 N–H and O–H groups in total. The Hall–Kier alpha value is -2.89. The molecule has 11 heteroatoms. The van der Waals surface area contributed by atoms with Crippen molar-refractivity contribution in [1.82, 2.24) is 23.9 Å². The van der Waals surface area contributed by atoms with E-state index in [2.05, 4.69) is 31.3 Å². The monoisotopic (exact) mass is 544 g/mol. The zero-order chi connectivity index (χ0) is 23.7. The van der Waals surface area contributed by atoms with Crippen LogP contribution in [0.25, 0.3) is 5.65 Å². The van der Waals surface area contributed by atoms with E-state index in [-0.39, 0.29) is 17.4 Å². The Morgan fingerprint density at radius 3 is 2.82 bits per heavy atom. The summed E-state index contributed by atoms with van der Waals surface area (Å²) < 4.78 is 44.4. The fraction of sp³-hybridized carbons (Fsp3) is 0.261. The minimum atomic E-state index is -3.95. The van der Waals surface area contributed by atoms with Gasteiger partial charge in [0, 0.05) is 44.0 Å². The third kappa shape index (κ3) is 4.42. The maximum absolute atomic E-state index is 14.3. The van der Waals surface area contributed by atoms with Gasteiger partial charge in [-0.2, -0.15) is 13.9 Å². The third-order valence-corrected chi connectivity index (χ3v) is 8.36. The van der Waals surface area contributed by atoms with Crippen molar-refractivity contribution >= 4 is 37.4 Å².